The predicted molar refractivity (Wildman–Crippen MR) is 74.4 cm³/mol. The molecule has 0 bridgehead atoms. The van der Waals surface area contributed by atoms with Crippen LogP contribution >= 0.6 is 15.9 Å². The quantitative estimate of drug-likeness (QED) is 0.668. The van der Waals surface area contributed by atoms with Crippen LogP contribution in [0.3, 0.4) is 0 Å². The van der Waals surface area contributed by atoms with Gasteiger partial charge in [-0.25, -0.2) is 14.2 Å². The van der Waals surface area contributed by atoms with E-state index in [2.05, 4.69) is 21.4 Å². The Hall–Kier alpha value is -1.30. The molecule has 0 aliphatic rings. The summed E-state index contributed by atoms with van der Waals surface area (Å²) >= 11 is 3.40. The fourth-order valence-electron chi connectivity index (χ4n) is 2.06. The molecule has 2 nitrogen and oxygen atoms in total. The maximum Gasteiger partial charge on any atom is 0.126 e. The minimum atomic E-state index is -0.623. The van der Waals surface area contributed by atoms with E-state index in [1.807, 2.05) is 25.1 Å². The summed E-state index contributed by atoms with van der Waals surface area (Å²) in [5.41, 5.74) is 4.89. The summed E-state index contributed by atoms with van der Waals surface area (Å²) in [6.45, 7) is 1.94. The topological polar surface area (TPSA) is 38.0 Å². The Kier molecular flexibility index (Phi) is 4.29. The van der Waals surface area contributed by atoms with E-state index in [0.29, 0.717) is 5.56 Å². The van der Waals surface area contributed by atoms with Crippen molar-refractivity contribution in [1.82, 2.24) is 5.43 Å². The van der Waals surface area contributed by atoms with E-state index in [1.165, 1.54) is 12.1 Å². The van der Waals surface area contributed by atoms with Crippen molar-refractivity contribution in [2.45, 2.75) is 13.0 Å². The molecule has 5 heteroatoms. The largest absolute Gasteiger partial charge is 0.271 e. The predicted octanol–water partition coefficient (Wildman–Crippen LogP) is 3.59. The Balaban J connectivity index is 2.49. The van der Waals surface area contributed by atoms with Crippen LogP contribution in [0, 0.1) is 18.6 Å². The minimum Gasteiger partial charge on any atom is -0.271 e. The van der Waals surface area contributed by atoms with Crippen LogP contribution in [-0.4, -0.2) is 0 Å². The first-order chi connectivity index (χ1) is 8.99. The molecule has 0 aliphatic heterocycles. The van der Waals surface area contributed by atoms with Gasteiger partial charge in [-0.15, -0.1) is 0 Å². The standard InChI is InChI=1S/C14H13BrF2N2/c1-8-2-9(4-11(15)3-8)14(19-18)10-5-12(16)7-13(17)6-10/h2-7,14,19H,18H2,1H3. The lowest BCUT2D eigenvalue weighted by Gasteiger charge is -2.18. The summed E-state index contributed by atoms with van der Waals surface area (Å²) in [6, 6.07) is 8.62. The molecule has 0 saturated carbocycles. The van der Waals surface area contributed by atoms with Gasteiger partial charge in [-0.3, -0.25) is 5.84 Å². The molecule has 19 heavy (non-hydrogen) atoms. The van der Waals surface area contributed by atoms with Crippen LogP contribution in [0.15, 0.2) is 40.9 Å². The van der Waals surface area contributed by atoms with Gasteiger partial charge in [0.25, 0.3) is 0 Å². The highest BCUT2D eigenvalue weighted by molar-refractivity contribution is 9.10. The van der Waals surface area contributed by atoms with Gasteiger partial charge in [0.2, 0.25) is 0 Å². The van der Waals surface area contributed by atoms with Gasteiger partial charge in [-0.2, -0.15) is 0 Å². The van der Waals surface area contributed by atoms with E-state index in [9.17, 15) is 8.78 Å². The van der Waals surface area contributed by atoms with Crippen LogP contribution in [0.1, 0.15) is 22.7 Å². The molecule has 0 aliphatic carbocycles. The van der Waals surface area contributed by atoms with E-state index in [1.54, 1.807) is 0 Å². The molecule has 2 aromatic rings. The number of rotatable bonds is 3. The van der Waals surface area contributed by atoms with Crippen molar-refractivity contribution < 1.29 is 8.78 Å². The van der Waals surface area contributed by atoms with Crippen LogP contribution in [-0.2, 0) is 0 Å². The van der Waals surface area contributed by atoms with Crippen molar-refractivity contribution in [2.24, 2.45) is 5.84 Å². The third kappa shape index (κ3) is 3.37. The SMILES string of the molecule is Cc1cc(Br)cc(C(NN)c2cc(F)cc(F)c2)c1. The van der Waals surface area contributed by atoms with E-state index in [0.717, 1.165) is 21.7 Å². The van der Waals surface area contributed by atoms with Crippen molar-refractivity contribution in [1.29, 1.82) is 0 Å². The molecular formula is C14H13BrF2N2. The maximum atomic E-state index is 13.3. The van der Waals surface area contributed by atoms with E-state index >= 15 is 0 Å². The summed E-state index contributed by atoms with van der Waals surface area (Å²) in [7, 11) is 0. The van der Waals surface area contributed by atoms with Gasteiger partial charge in [-0.1, -0.05) is 22.0 Å². The van der Waals surface area contributed by atoms with Crippen molar-refractivity contribution >= 4 is 15.9 Å². The molecule has 100 valence electrons. The van der Waals surface area contributed by atoms with Gasteiger partial charge in [0, 0.05) is 10.5 Å². The Morgan fingerprint density at radius 1 is 1.00 bits per heavy atom. The molecule has 2 rings (SSSR count). The average Bonchev–Trinajstić information content (AvgIpc) is 2.27. The summed E-state index contributed by atoms with van der Waals surface area (Å²) < 4.78 is 27.5. The second-order valence-corrected chi connectivity index (χ2v) is 5.28. The first-order valence-corrected chi connectivity index (χ1v) is 6.48. The molecule has 0 heterocycles. The van der Waals surface area contributed by atoms with Crippen LogP contribution in [0.4, 0.5) is 8.78 Å². The van der Waals surface area contributed by atoms with E-state index in [-0.39, 0.29) is 0 Å². The summed E-state index contributed by atoms with van der Waals surface area (Å²) in [6.07, 6.45) is 0. The molecule has 3 N–H and O–H groups in total. The summed E-state index contributed by atoms with van der Waals surface area (Å²) in [4.78, 5) is 0. The highest BCUT2D eigenvalue weighted by Gasteiger charge is 2.15. The molecule has 1 atom stereocenters. The molecule has 0 spiro atoms. The monoisotopic (exact) mass is 326 g/mol. The van der Waals surface area contributed by atoms with E-state index < -0.39 is 17.7 Å². The van der Waals surface area contributed by atoms with Crippen molar-refractivity contribution in [3.05, 3.63) is 69.2 Å². The van der Waals surface area contributed by atoms with Gasteiger partial charge >= 0.3 is 0 Å². The van der Waals surface area contributed by atoms with Crippen LogP contribution in [0.5, 0.6) is 0 Å². The van der Waals surface area contributed by atoms with Crippen molar-refractivity contribution in [2.75, 3.05) is 0 Å². The second-order valence-electron chi connectivity index (χ2n) is 4.36. The number of nitrogens with one attached hydrogen (secondary N) is 1. The number of hydrogen-bond donors (Lipinski definition) is 2. The molecule has 1 unspecified atom stereocenters. The lowest BCUT2D eigenvalue weighted by Crippen LogP contribution is -2.29. The Morgan fingerprint density at radius 2 is 1.58 bits per heavy atom. The zero-order valence-corrected chi connectivity index (χ0v) is 11.8. The Morgan fingerprint density at radius 3 is 2.11 bits per heavy atom. The second kappa shape index (κ2) is 5.77. The molecular weight excluding hydrogens is 314 g/mol. The van der Waals surface area contributed by atoms with Crippen molar-refractivity contribution in [3.8, 4) is 0 Å². The third-order valence-electron chi connectivity index (χ3n) is 2.78. The molecule has 0 fully saturated rings. The maximum absolute atomic E-state index is 13.3. The third-order valence-corrected chi connectivity index (χ3v) is 3.24. The molecule has 2 aromatic carbocycles. The van der Waals surface area contributed by atoms with Gasteiger partial charge in [0.05, 0.1) is 6.04 Å². The molecule has 0 radical (unpaired) electrons. The number of hydrogen-bond acceptors (Lipinski definition) is 2. The number of aryl methyl sites for hydroxylation is 1. The molecule has 0 amide bonds. The lowest BCUT2D eigenvalue weighted by molar-refractivity contribution is 0.566. The number of halogens is 3. The average molecular weight is 327 g/mol. The van der Waals surface area contributed by atoms with Gasteiger partial charge in [-0.05, 0) is 47.9 Å². The highest BCUT2D eigenvalue weighted by atomic mass is 79.9. The normalized spacial score (nSPS) is 12.5. The summed E-state index contributed by atoms with van der Waals surface area (Å²) in [5, 5.41) is 0. The fourth-order valence-corrected chi connectivity index (χ4v) is 2.68. The first kappa shape index (κ1) is 14.1. The van der Waals surface area contributed by atoms with Crippen LogP contribution in [0.25, 0.3) is 0 Å². The van der Waals surface area contributed by atoms with E-state index in [4.69, 9.17) is 5.84 Å². The van der Waals surface area contributed by atoms with Crippen molar-refractivity contribution in [3.63, 3.8) is 0 Å². The first-order valence-electron chi connectivity index (χ1n) is 5.69. The molecule has 0 aromatic heterocycles. The zero-order valence-electron chi connectivity index (χ0n) is 10.3. The van der Waals surface area contributed by atoms with Gasteiger partial charge in [0.15, 0.2) is 0 Å². The highest BCUT2D eigenvalue weighted by Crippen LogP contribution is 2.26. The summed E-state index contributed by atoms with van der Waals surface area (Å²) in [5.74, 6) is 4.28. The molecule has 0 saturated heterocycles. The minimum absolute atomic E-state index is 0.442. The number of nitrogens with two attached hydrogens (primary N) is 1. The van der Waals surface area contributed by atoms with Gasteiger partial charge < -0.3 is 0 Å². The van der Waals surface area contributed by atoms with Crippen LogP contribution in [0.2, 0.25) is 0 Å². The fraction of sp³-hybridized carbons (Fsp3) is 0.143. The van der Waals surface area contributed by atoms with Crippen LogP contribution < -0.4 is 11.3 Å². The number of hydrazine groups is 1. The smallest absolute Gasteiger partial charge is 0.126 e. The van der Waals surface area contributed by atoms with Gasteiger partial charge in [0.1, 0.15) is 11.6 Å². The number of benzene rings is 2. The zero-order chi connectivity index (χ0) is 14.0. The Bertz CT molecular complexity index is 510. The Labute approximate surface area is 118 Å². The lowest BCUT2D eigenvalue weighted by atomic mass is 9.98.